The second-order valence-corrected chi connectivity index (χ2v) is 7.82. The summed E-state index contributed by atoms with van der Waals surface area (Å²) >= 11 is 0. The molecule has 0 aliphatic carbocycles. The Morgan fingerprint density at radius 1 is 1.26 bits per heavy atom. The average Bonchev–Trinajstić information content (AvgIpc) is 3.36. The van der Waals surface area contributed by atoms with Crippen molar-refractivity contribution >= 4 is 11.9 Å². The molecule has 1 aromatic carbocycles. The largest absolute Gasteiger partial charge is 0.365 e. The summed E-state index contributed by atoms with van der Waals surface area (Å²) in [7, 11) is 0. The number of ether oxygens (including phenoxy) is 1. The van der Waals surface area contributed by atoms with Gasteiger partial charge in [0, 0.05) is 13.1 Å². The molecule has 2 aliphatic heterocycles. The molecule has 166 valence electrons. The third-order valence-corrected chi connectivity index (χ3v) is 5.59. The Bertz CT molecular complexity index is 997. The van der Waals surface area contributed by atoms with Crippen LogP contribution in [0.1, 0.15) is 41.5 Å². The Hall–Kier alpha value is -3.08. The Kier molecular flexibility index (Phi) is 5.86. The molecule has 31 heavy (non-hydrogen) atoms. The van der Waals surface area contributed by atoms with Crippen molar-refractivity contribution in [1.82, 2.24) is 30.5 Å². The predicted octanol–water partition coefficient (Wildman–Crippen LogP) is 1.58. The van der Waals surface area contributed by atoms with E-state index in [1.165, 1.54) is 4.90 Å². The summed E-state index contributed by atoms with van der Waals surface area (Å²) in [6, 6.07) is 2.57. The first-order valence-electron chi connectivity index (χ1n) is 10.2. The van der Waals surface area contributed by atoms with Gasteiger partial charge < -0.3 is 20.3 Å². The van der Waals surface area contributed by atoms with E-state index in [4.69, 9.17) is 4.74 Å². The average molecular weight is 434 g/mol. The number of rotatable bonds is 5. The van der Waals surface area contributed by atoms with Crippen LogP contribution in [0, 0.1) is 11.6 Å². The van der Waals surface area contributed by atoms with Crippen molar-refractivity contribution in [1.29, 1.82) is 0 Å². The maximum absolute atomic E-state index is 14.0. The van der Waals surface area contributed by atoms with Gasteiger partial charge in [-0.25, -0.2) is 18.3 Å². The second kappa shape index (κ2) is 8.58. The van der Waals surface area contributed by atoms with Crippen molar-refractivity contribution in [2.45, 2.75) is 45.1 Å². The zero-order chi connectivity index (χ0) is 22.0. The van der Waals surface area contributed by atoms with Crippen molar-refractivity contribution in [3.8, 4) is 0 Å². The van der Waals surface area contributed by atoms with E-state index in [2.05, 4.69) is 20.9 Å². The Balaban J connectivity index is 1.40. The number of amides is 3. The number of halogens is 2. The minimum atomic E-state index is -0.754. The van der Waals surface area contributed by atoms with Gasteiger partial charge in [-0.3, -0.25) is 4.79 Å². The topological polar surface area (TPSA) is 101 Å². The number of urea groups is 1. The molecule has 0 bridgehead atoms. The number of nitrogens with one attached hydrogen (secondary N) is 2. The van der Waals surface area contributed by atoms with E-state index in [0.717, 1.165) is 30.3 Å². The summed E-state index contributed by atoms with van der Waals surface area (Å²) in [4.78, 5) is 25.9. The molecular weight excluding hydrogens is 410 g/mol. The van der Waals surface area contributed by atoms with Crippen molar-refractivity contribution in [3.63, 3.8) is 0 Å². The van der Waals surface area contributed by atoms with E-state index in [9.17, 15) is 18.4 Å². The van der Waals surface area contributed by atoms with Crippen LogP contribution in [0.5, 0.6) is 0 Å². The van der Waals surface area contributed by atoms with Crippen LogP contribution in [0.4, 0.5) is 13.6 Å². The number of aromatic nitrogens is 3. The monoisotopic (exact) mass is 434 g/mol. The van der Waals surface area contributed by atoms with E-state index in [0.29, 0.717) is 31.7 Å². The number of carbonyl (C=O) groups is 2. The predicted molar refractivity (Wildman–Crippen MR) is 105 cm³/mol. The SMILES string of the molecule is CCCNC(=O)NCc1nnn2c1COC1(CCN(C(=O)c3cc(F)ccc3F)C1)C2. The van der Waals surface area contributed by atoms with E-state index < -0.39 is 23.1 Å². The molecule has 1 unspecified atom stereocenters. The van der Waals surface area contributed by atoms with Crippen LogP contribution in [-0.4, -0.2) is 57.1 Å². The van der Waals surface area contributed by atoms with Crippen molar-refractivity contribution < 1.29 is 23.1 Å². The van der Waals surface area contributed by atoms with Gasteiger partial charge in [0.2, 0.25) is 0 Å². The van der Waals surface area contributed by atoms with Crippen LogP contribution in [0.15, 0.2) is 18.2 Å². The highest BCUT2D eigenvalue weighted by molar-refractivity contribution is 5.94. The van der Waals surface area contributed by atoms with Crippen molar-refractivity contribution in [2.75, 3.05) is 19.6 Å². The molecule has 1 fully saturated rings. The van der Waals surface area contributed by atoms with Crippen molar-refractivity contribution in [2.24, 2.45) is 0 Å². The molecule has 1 saturated heterocycles. The minimum absolute atomic E-state index is 0.227. The van der Waals surface area contributed by atoms with E-state index in [-0.39, 0.29) is 31.3 Å². The Morgan fingerprint density at radius 3 is 2.90 bits per heavy atom. The molecule has 1 spiro atoms. The number of hydrogen-bond acceptors (Lipinski definition) is 5. The molecule has 9 nitrogen and oxygen atoms in total. The fourth-order valence-electron chi connectivity index (χ4n) is 3.89. The quantitative estimate of drug-likeness (QED) is 0.744. The highest BCUT2D eigenvalue weighted by atomic mass is 19.1. The maximum Gasteiger partial charge on any atom is 0.315 e. The van der Waals surface area contributed by atoms with E-state index in [1.807, 2.05) is 6.92 Å². The normalized spacial score (nSPS) is 20.0. The number of nitrogens with zero attached hydrogens (tertiary/aromatic N) is 4. The van der Waals surface area contributed by atoms with Crippen LogP contribution < -0.4 is 10.6 Å². The summed E-state index contributed by atoms with van der Waals surface area (Å²) in [5, 5.41) is 13.8. The van der Waals surface area contributed by atoms with E-state index >= 15 is 0 Å². The summed E-state index contributed by atoms with van der Waals surface area (Å²) in [5.41, 5.74) is 0.434. The highest BCUT2D eigenvalue weighted by Crippen LogP contribution is 2.33. The molecule has 0 radical (unpaired) electrons. The Labute approximate surface area is 177 Å². The van der Waals surface area contributed by atoms with Gasteiger partial charge in [0.15, 0.2) is 0 Å². The molecule has 2 aromatic rings. The zero-order valence-corrected chi connectivity index (χ0v) is 17.2. The standard InChI is InChI=1S/C20H24F2N6O3/c1-2-6-23-19(30)24-9-16-17-10-31-20(12-28(17)26-25-16)5-7-27(11-20)18(29)14-8-13(21)3-4-15(14)22/h3-4,8H,2,5-7,9-12H2,1H3,(H2,23,24,30). The van der Waals surface area contributed by atoms with Gasteiger partial charge in [0.05, 0.1) is 37.5 Å². The van der Waals surface area contributed by atoms with Crippen LogP contribution in [0.3, 0.4) is 0 Å². The first kappa shape index (κ1) is 21.2. The lowest BCUT2D eigenvalue weighted by Crippen LogP contribution is -2.45. The van der Waals surface area contributed by atoms with Gasteiger partial charge in [-0.15, -0.1) is 5.10 Å². The molecule has 2 N–H and O–H groups in total. The van der Waals surface area contributed by atoms with Gasteiger partial charge >= 0.3 is 6.03 Å². The molecule has 1 aromatic heterocycles. The minimum Gasteiger partial charge on any atom is -0.365 e. The molecule has 11 heteroatoms. The highest BCUT2D eigenvalue weighted by Gasteiger charge is 2.45. The first-order valence-corrected chi connectivity index (χ1v) is 10.2. The summed E-state index contributed by atoms with van der Waals surface area (Å²) in [6.45, 7) is 4.01. The van der Waals surface area contributed by atoms with Gasteiger partial charge in [-0.1, -0.05) is 12.1 Å². The molecule has 4 rings (SSSR count). The summed E-state index contributed by atoms with van der Waals surface area (Å²) in [6.07, 6.45) is 1.39. The molecule has 2 aliphatic rings. The number of carbonyl (C=O) groups excluding carboxylic acids is 2. The fraction of sp³-hybridized carbons (Fsp3) is 0.500. The van der Waals surface area contributed by atoms with Crippen LogP contribution in [0.25, 0.3) is 0 Å². The molecule has 1 atom stereocenters. The van der Waals surface area contributed by atoms with Gasteiger partial charge in [-0.05, 0) is 31.0 Å². The van der Waals surface area contributed by atoms with Gasteiger partial charge in [-0.2, -0.15) is 0 Å². The number of fused-ring (bicyclic) bond motifs is 1. The zero-order valence-electron chi connectivity index (χ0n) is 17.2. The lowest BCUT2D eigenvalue weighted by molar-refractivity contribution is -0.0828. The van der Waals surface area contributed by atoms with Crippen LogP contribution in [-0.2, 0) is 24.4 Å². The van der Waals surface area contributed by atoms with Crippen LogP contribution in [0.2, 0.25) is 0 Å². The molecule has 3 heterocycles. The second-order valence-electron chi connectivity index (χ2n) is 7.82. The van der Waals surface area contributed by atoms with Gasteiger partial charge in [0.1, 0.15) is 22.9 Å². The summed E-state index contributed by atoms with van der Waals surface area (Å²) in [5.74, 6) is -1.98. The fourth-order valence-corrected chi connectivity index (χ4v) is 3.89. The van der Waals surface area contributed by atoms with Crippen molar-refractivity contribution in [3.05, 3.63) is 46.8 Å². The maximum atomic E-state index is 14.0. The van der Waals surface area contributed by atoms with Crippen LogP contribution >= 0.6 is 0 Å². The van der Waals surface area contributed by atoms with E-state index in [1.54, 1.807) is 4.68 Å². The molecular formula is C20H24F2N6O3. The Morgan fingerprint density at radius 2 is 2.10 bits per heavy atom. The summed E-state index contributed by atoms with van der Waals surface area (Å²) < 4.78 is 35.3. The van der Waals surface area contributed by atoms with Gasteiger partial charge in [0.25, 0.3) is 5.91 Å². The lowest BCUT2D eigenvalue weighted by Gasteiger charge is -2.34. The lowest BCUT2D eigenvalue weighted by atomic mass is 10.0. The third kappa shape index (κ3) is 4.36. The number of benzene rings is 1. The smallest absolute Gasteiger partial charge is 0.315 e. The number of likely N-dealkylation sites (tertiary alicyclic amines) is 1. The number of hydrogen-bond donors (Lipinski definition) is 2. The molecule has 0 saturated carbocycles. The molecule has 3 amide bonds. The first-order chi connectivity index (χ1) is 14.9. The third-order valence-electron chi connectivity index (χ3n) is 5.59.